The summed E-state index contributed by atoms with van der Waals surface area (Å²) >= 11 is 0. The van der Waals surface area contributed by atoms with E-state index in [2.05, 4.69) is 10.2 Å². The molecule has 5 nitrogen and oxygen atoms in total. The molecule has 7 heteroatoms. The first-order valence-electron chi connectivity index (χ1n) is 11.0. The number of nitrogens with zero attached hydrogens (tertiary/aromatic N) is 1. The predicted molar refractivity (Wildman–Crippen MR) is 124 cm³/mol. The number of nitrogens with two attached hydrogens (primary N) is 1. The number of hydrogen-bond donors (Lipinski definition) is 3. The Kier molecular flexibility index (Phi) is 6.37. The van der Waals surface area contributed by atoms with Crippen molar-refractivity contribution in [2.45, 2.75) is 32.1 Å². The van der Waals surface area contributed by atoms with Crippen LogP contribution < -0.4 is 11.1 Å². The van der Waals surface area contributed by atoms with Crippen LogP contribution in [0.5, 0.6) is 0 Å². The number of piperidine rings is 1. The van der Waals surface area contributed by atoms with Gasteiger partial charge in [0.25, 0.3) is 0 Å². The summed E-state index contributed by atoms with van der Waals surface area (Å²) in [7, 11) is 0. The molecule has 0 atom stereocenters. The van der Waals surface area contributed by atoms with Crippen LogP contribution >= 0.6 is 0 Å². The second kappa shape index (κ2) is 9.20. The Bertz CT molecular complexity index is 1040. The van der Waals surface area contributed by atoms with Crippen LogP contribution in [0.4, 0.5) is 20.2 Å². The molecular weight excluding hydrogens is 410 g/mol. The third-order valence-corrected chi connectivity index (χ3v) is 6.30. The zero-order valence-corrected chi connectivity index (χ0v) is 18.0. The highest BCUT2D eigenvalue weighted by Gasteiger charge is 2.50. The van der Waals surface area contributed by atoms with Crippen LogP contribution in [0.25, 0.3) is 6.08 Å². The lowest BCUT2D eigenvalue weighted by atomic mass is 10.0. The maximum absolute atomic E-state index is 14.6. The Morgan fingerprint density at radius 1 is 1.12 bits per heavy atom. The number of nitrogens with one attached hydrogen (secondary N) is 2. The fraction of sp³-hybridized carbons (Fsp3) is 0.360. The molecule has 0 radical (unpaired) electrons. The standard InChI is InChI=1S/C25H28F2N4O/c26-18-7-4-17(5-8-18)6-9-21(28)19-14-23(20(27)15-22(19)29)30-24(32)25(10-11-25)16-31-12-2-1-3-13-31/h4-9,14-15,28H,1-3,10-13,16,29H2,(H,30,32)/b9-6+,28-21?. The van der Waals surface area contributed by atoms with Crippen molar-refractivity contribution in [3.63, 3.8) is 0 Å². The van der Waals surface area contributed by atoms with Crippen LogP contribution in [0.2, 0.25) is 0 Å². The van der Waals surface area contributed by atoms with Crippen LogP contribution in [-0.4, -0.2) is 36.2 Å². The van der Waals surface area contributed by atoms with Crippen LogP contribution in [0.3, 0.4) is 0 Å². The van der Waals surface area contributed by atoms with Crippen molar-refractivity contribution in [1.29, 1.82) is 5.41 Å². The van der Waals surface area contributed by atoms with E-state index in [0.29, 0.717) is 12.1 Å². The molecule has 0 spiro atoms. The van der Waals surface area contributed by atoms with Crippen molar-refractivity contribution in [3.8, 4) is 0 Å². The average molecular weight is 439 g/mol. The van der Waals surface area contributed by atoms with Gasteiger partial charge in [0, 0.05) is 17.8 Å². The predicted octanol–water partition coefficient (Wildman–Crippen LogP) is 4.83. The van der Waals surface area contributed by atoms with E-state index in [0.717, 1.165) is 50.4 Å². The smallest absolute Gasteiger partial charge is 0.231 e. The maximum Gasteiger partial charge on any atom is 0.231 e. The Morgan fingerprint density at radius 3 is 2.47 bits per heavy atom. The van der Waals surface area contributed by atoms with Crippen LogP contribution in [-0.2, 0) is 4.79 Å². The quantitative estimate of drug-likeness (QED) is 0.428. The molecule has 1 heterocycles. The van der Waals surface area contributed by atoms with Crippen molar-refractivity contribution in [1.82, 2.24) is 4.90 Å². The first kappa shape index (κ1) is 22.1. The van der Waals surface area contributed by atoms with Gasteiger partial charge in [-0.1, -0.05) is 24.6 Å². The van der Waals surface area contributed by atoms with Gasteiger partial charge in [-0.15, -0.1) is 0 Å². The monoisotopic (exact) mass is 438 g/mol. The van der Waals surface area contributed by atoms with E-state index in [-0.39, 0.29) is 28.8 Å². The van der Waals surface area contributed by atoms with Gasteiger partial charge in [0.2, 0.25) is 5.91 Å². The molecule has 0 bridgehead atoms. The third-order valence-electron chi connectivity index (χ3n) is 6.30. The molecule has 1 saturated heterocycles. The van der Waals surface area contributed by atoms with Gasteiger partial charge in [-0.2, -0.15) is 0 Å². The lowest BCUT2D eigenvalue weighted by molar-refractivity contribution is -0.122. The van der Waals surface area contributed by atoms with Gasteiger partial charge in [-0.25, -0.2) is 8.78 Å². The second-order valence-corrected chi connectivity index (χ2v) is 8.79. The molecule has 1 amide bonds. The summed E-state index contributed by atoms with van der Waals surface area (Å²) in [4.78, 5) is 15.3. The number of halogens is 2. The number of amides is 1. The molecule has 2 aromatic rings. The molecule has 2 aliphatic rings. The van der Waals surface area contributed by atoms with Crippen molar-refractivity contribution >= 4 is 29.1 Å². The molecule has 2 fully saturated rings. The molecule has 1 aliphatic heterocycles. The molecule has 2 aromatic carbocycles. The molecule has 32 heavy (non-hydrogen) atoms. The first-order chi connectivity index (χ1) is 15.4. The minimum absolute atomic E-state index is 0.0315. The summed E-state index contributed by atoms with van der Waals surface area (Å²) in [5.41, 5.74) is 6.75. The summed E-state index contributed by atoms with van der Waals surface area (Å²) in [6.07, 6.45) is 8.31. The molecule has 4 N–H and O–H groups in total. The minimum Gasteiger partial charge on any atom is -0.398 e. The largest absolute Gasteiger partial charge is 0.398 e. The van der Waals surface area contributed by atoms with Gasteiger partial charge in [-0.05, 0) is 74.7 Å². The fourth-order valence-electron chi connectivity index (χ4n) is 4.17. The SMILES string of the molecule is N=C(/C=C/c1ccc(F)cc1)c1cc(NC(=O)C2(CN3CCCCC3)CC2)c(F)cc1N. The molecule has 1 saturated carbocycles. The van der Waals surface area contributed by atoms with Crippen molar-refractivity contribution in [3.05, 3.63) is 65.2 Å². The number of likely N-dealkylation sites (tertiary alicyclic amines) is 1. The number of nitrogen functional groups attached to an aromatic ring is 1. The van der Waals surface area contributed by atoms with E-state index in [4.69, 9.17) is 11.1 Å². The summed E-state index contributed by atoms with van der Waals surface area (Å²) in [6, 6.07) is 8.40. The lowest BCUT2D eigenvalue weighted by Crippen LogP contribution is -2.40. The zero-order valence-electron chi connectivity index (χ0n) is 18.0. The van der Waals surface area contributed by atoms with Crippen LogP contribution in [0, 0.1) is 22.5 Å². The van der Waals surface area contributed by atoms with Gasteiger partial charge in [0.05, 0.1) is 16.8 Å². The second-order valence-electron chi connectivity index (χ2n) is 8.79. The number of benzene rings is 2. The number of carbonyl (C=O) groups excluding carboxylic acids is 1. The molecule has 168 valence electrons. The highest BCUT2D eigenvalue weighted by atomic mass is 19.1. The number of allylic oxidation sites excluding steroid dienone is 1. The molecule has 4 rings (SSSR count). The van der Waals surface area contributed by atoms with Crippen molar-refractivity contribution < 1.29 is 13.6 Å². The summed E-state index contributed by atoms with van der Waals surface area (Å²) in [5.74, 6) is -1.14. The molecule has 0 aromatic heterocycles. The Labute approximate surface area is 186 Å². The van der Waals surface area contributed by atoms with E-state index in [9.17, 15) is 13.6 Å². The summed E-state index contributed by atoms with van der Waals surface area (Å²) in [5, 5.41) is 11.1. The maximum atomic E-state index is 14.6. The Balaban J connectivity index is 1.47. The first-order valence-corrected chi connectivity index (χ1v) is 11.0. The number of anilines is 2. The highest BCUT2D eigenvalue weighted by Crippen LogP contribution is 2.47. The molecular formula is C25H28F2N4O. The zero-order chi connectivity index (χ0) is 22.7. The van der Waals surface area contributed by atoms with Gasteiger partial charge in [-0.3, -0.25) is 4.79 Å². The van der Waals surface area contributed by atoms with Gasteiger partial charge in [0.15, 0.2) is 0 Å². The van der Waals surface area contributed by atoms with Gasteiger partial charge < -0.3 is 21.4 Å². The summed E-state index contributed by atoms with van der Waals surface area (Å²) in [6.45, 7) is 2.72. The normalized spacial score (nSPS) is 17.9. The molecule has 0 unspecified atom stereocenters. The fourth-order valence-corrected chi connectivity index (χ4v) is 4.17. The van der Waals surface area contributed by atoms with E-state index < -0.39 is 11.2 Å². The Hall–Kier alpha value is -3.06. The van der Waals surface area contributed by atoms with Gasteiger partial charge in [0.1, 0.15) is 11.6 Å². The third kappa shape index (κ3) is 5.05. The lowest BCUT2D eigenvalue weighted by Gasteiger charge is -2.30. The number of hydrogen-bond acceptors (Lipinski definition) is 4. The average Bonchev–Trinajstić information content (AvgIpc) is 3.56. The van der Waals surface area contributed by atoms with E-state index in [1.807, 2.05) is 0 Å². The van der Waals surface area contributed by atoms with E-state index in [1.54, 1.807) is 18.2 Å². The van der Waals surface area contributed by atoms with Crippen molar-refractivity contribution in [2.75, 3.05) is 30.7 Å². The van der Waals surface area contributed by atoms with E-state index >= 15 is 0 Å². The van der Waals surface area contributed by atoms with Crippen LogP contribution in [0.15, 0.2) is 42.5 Å². The summed E-state index contributed by atoms with van der Waals surface area (Å²) < 4.78 is 27.6. The number of rotatable bonds is 7. The minimum atomic E-state index is -0.622. The van der Waals surface area contributed by atoms with E-state index in [1.165, 1.54) is 30.7 Å². The number of carbonyl (C=O) groups is 1. The highest BCUT2D eigenvalue weighted by molar-refractivity contribution is 6.12. The van der Waals surface area contributed by atoms with Crippen LogP contribution in [0.1, 0.15) is 43.2 Å². The molecule has 1 aliphatic carbocycles. The van der Waals surface area contributed by atoms with Gasteiger partial charge >= 0.3 is 0 Å². The topological polar surface area (TPSA) is 82.2 Å². The van der Waals surface area contributed by atoms with Crippen molar-refractivity contribution in [2.24, 2.45) is 5.41 Å². The Morgan fingerprint density at radius 2 is 1.81 bits per heavy atom.